The second kappa shape index (κ2) is 5.56. The first-order valence-electron chi connectivity index (χ1n) is 6.10. The molecule has 0 bridgehead atoms. The van der Waals surface area contributed by atoms with Crippen molar-refractivity contribution in [3.8, 4) is 0 Å². The van der Waals surface area contributed by atoms with Crippen LogP contribution < -0.4 is 0 Å². The van der Waals surface area contributed by atoms with Gasteiger partial charge in [-0.05, 0) is 26.7 Å². The van der Waals surface area contributed by atoms with Crippen molar-refractivity contribution in [1.82, 2.24) is 9.80 Å². The first kappa shape index (κ1) is 14.8. The lowest BCUT2D eigenvalue weighted by molar-refractivity contribution is -0.147. The van der Waals surface area contributed by atoms with E-state index in [9.17, 15) is 9.59 Å². The van der Waals surface area contributed by atoms with Gasteiger partial charge in [-0.1, -0.05) is 0 Å². The van der Waals surface area contributed by atoms with Gasteiger partial charge in [-0.3, -0.25) is 0 Å². The summed E-state index contributed by atoms with van der Waals surface area (Å²) in [4.78, 5) is 26.0. The molecule has 1 heterocycles. The zero-order valence-corrected chi connectivity index (χ0v) is 11.5. The normalized spacial score (nSPS) is 19.7. The van der Waals surface area contributed by atoms with E-state index in [0.29, 0.717) is 6.54 Å². The Morgan fingerprint density at radius 1 is 1.39 bits per heavy atom. The van der Waals surface area contributed by atoms with Crippen LogP contribution >= 0.6 is 0 Å². The van der Waals surface area contributed by atoms with Crippen molar-refractivity contribution < 1.29 is 19.4 Å². The molecule has 0 radical (unpaired) electrons. The number of carboxylic acid groups (broad SMARTS) is 1. The van der Waals surface area contributed by atoms with Crippen LogP contribution in [0.1, 0.15) is 26.7 Å². The summed E-state index contributed by atoms with van der Waals surface area (Å²) in [6.45, 7) is 4.25. The van der Waals surface area contributed by atoms with Crippen LogP contribution in [-0.2, 0) is 9.53 Å². The number of urea groups is 1. The molecule has 104 valence electrons. The molecule has 1 unspecified atom stereocenters. The highest BCUT2D eigenvalue weighted by atomic mass is 16.5. The van der Waals surface area contributed by atoms with E-state index in [2.05, 4.69) is 0 Å². The maximum atomic E-state index is 12.1. The number of hydrogen-bond donors (Lipinski definition) is 1. The number of rotatable bonds is 4. The number of ether oxygens (including phenoxy) is 1. The molecule has 1 rings (SSSR count). The second-order valence-electron chi connectivity index (χ2n) is 5.22. The van der Waals surface area contributed by atoms with Crippen LogP contribution in [0.15, 0.2) is 0 Å². The minimum absolute atomic E-state index is 0.0697. The molecule has 0 spiro atoms. The smallest absolute Gasteiger partial charge is 0.329 e. The zero-order chi connectivity index (χ0) is 13.9. The molecule has 0 aromatic carbocycles. The monoisotopic (exact) mass is 258 g/mol. The molecular formula is C12H22N2O4. The summed E-state index contributed by atoms with van der Waals surface area (Å²) in [6, 6.07) is -0.307. The summed E-state index contributed by atoms with van der Waals surface area (Å²) in [7, 11) is 3.17. The number of carbonyl (C=O) groups excluding carboxylic acids is 1. The Labute approximate surface area is 107 Å². The Kier molecular flexibility index (Phi) is 4.56. The Hall–Kier alpha value is -1.30. The molecule has 1 aliphatic heterocycles. The molecule has 6 nitrogen and oxygen atoms in total. The van der Waals surface area contributed by atoms with Gasteiger partial charge in [-0.25, -0.2) is 9.59 Å². The van der Waals surface area contributed by atoms with Gasteiger partial charge in [-0.15, -0.1) is 0 Å². The minimum Gasteiger partial charge on any atom is -0.480 e. The van der Waals surface area contributed by atoms with Crippen LogP contribution in [0.2, 0.25) is 0 Å². The van der Waals surface area contributed by atoms with E-state index in [-0.39, 0.29) is 12.1 Å². The SMILES string of the molecule is CN(CC1CCCO1)C(=O)N(C)C(C)(C)C(=O)O. The summed E-state index contributed by atoms with van der Waals surface area (Å²) < 4.78 is 5.46. The summed E-state index contributed by atoms with van der Waals surface area (Å²) in [5.74, 6) is -1.02. The third kappa shape index (κ3) is 3.13. The fourth-order valence-electron chi connectivity index (χ4n) is 1.81. The van der Waals surface area contributed by atoms with Gasteiger partial charge >= 0.3 is 12.0 Å². The summed E-state index contributed by atoms with van der Waals surface area (Å²) in [5, 5.41) is 9.09. The molecular weight excluding hydrogens is 236 g/mol. The van der Waals surface area contributed by atoms with Crippen molar-refractivity contribution in [2.75, 3.05) is 27.2 Å². The quantitative estimate of drug-likeness (QED) is 0.817. The Balaban J connectivity index is 2.59. The van der Waals surface area contributed by atoms with Gasteiger partial charge in [0.1, 0.15) is 5.54 Å². The molecule has 6 heteroatoms. The van der Waals surface area contributed by atoms with Crippen molar-refractivity contribution >= 4 is 12.0 Å². The molecule has 1 N–H and O–H groups in total. The third-order valence-corrected chi connectivity index (χ3v) is 3.48. The first-order valence-corrected chi connectivity index (χ1v) is 6.10. The van der Waals surface area contributed by atoms with Gasteiger partial charge in [0.15, 0.2) is 0 Å². The maximum Gasteiger partial charge on any atom is 0.329 e. The second-order valence-corrected chi connectivity index (χ2v) is 5.22. The van der Waals surface area contributed by atoms with Gasteiger partial charge in [0.05, 0.1) is 6.10 Å². The van der Waals surface area contributed by atoms with Gasteiger partial charge in [-0.2, -0.15) is 0 Å². The fourth-order valence-corrected chi connectivity index (χ4v) is 1.81. The number of hydrogen-bond acceptors (Lipinski definition) is 3. The lowest BCUT2D eigenvalue weighted by atomic mass is 10.0. The highest BCUT2D eigenvalue weighted by molar-refractivity contribution is 5.85. The average Bonchev–Trinajstić information content (AvgIpc) is 2.79. The maximum absolute atomic E-state index is 12.1. The number of nitrogens with zero attached hydrogens (tertiary/aromatic N) is 2. The Bertz CT molecular complexity index is 324. The molecule has 1 saturated heterocycles. The van der Waals surface area contributed by atoms with E-state index in [1.54, 1.807) is 7.05 Å². The lowest BCUT2D eigenvalue weighted by Gasteiger charge is -2.35. The number of amides is 2. The van der Waals surface area contributed by atoms with Gasteiger partial charge in [0, 0.05) is 27.2 Å². The van der Waals surface area contributed by atoms with E-state index >= 15 is 0 Å². The Morgan fingerprint density at radius 2 is 2.00 bits per heavy atom. The van der Waals surface area contributed by atoms with Crippen molar-refractivity contribution in [1.29, 1.82) is 0 Å². The fraction of sp³-hybridized carbons (Fsp3) is 0.833. The highest BCUT2D eigenvalue weighted by Crippen LogP contribution is 2.17. The van der Waals surface area contributed by atoms with Crippen molar-refractivity contribution in [2.24, 2.45) is 0 Å². The van der Waals surface area contributed by atoms with Crippen molar-refractivity contribution in [3.05, 3.63) is 0 Å². The van der Waals surface area contributed by atoms with Crippen molar-refractivity contribution in [2.45, 2.75) is 38.3 Å². The van der Waals surface area contributed by atoms with E-state index < -0.39 is 11.5 Å². The number of carbonyl (C=O) groups is 2. The molecule has 0 aromatic heterocycles. The first-order chi connectivity index (χ1) is 8.26. The van der Waals surface area contributed by atoms with Crippen LogP contribution in [0.5, 0.6) is 0 Å². The summed E-state index contributed by atoms with van der Waals surface area (Å²) in [6.07, 6.45) is 2.03. The molecule has 1 fully saturated rings. The van der Waals surface area contributed by atoms with Crippen LogP contribution in [0.3, 0.4) is 0 Å². The predicted molar refractivity (Wildman–Crippen MR) is 66.5 cm³/mol. The molecule has 18 heavy (non-hydrogen) atoms. The molecule has 0 aliphatic carbocycles. The van der Waals surface area contributed by atoms with Crippen molar-refractivity contribution in [3.63, 3.8) is 0 Å². The molecule has 1 aliphatic rings. The van der Waals surface area contributed by atoms with E-state index in [0.717, 1.165) is 19.4 Å². The predicted octanol–water partition coefficient (Wildman–Crippen LogP) is 1.01. The standard InChI is InChI=1S/C12H22N2O4/c1-12(2,10(15)16)14(4)11(17)13(3)8-9-6-5-7-18-9/h9H,5-8H2,1-4H3,(H,15,16). The molecule has 2 amide bonds. The lowest BCUT2D eigenvalue weighted by Crippen LogP contribution is -2.55. The topological polar surface area (TPSA) is 70.1 Å². The zero-order valence-electron chi connectivity index (χ0n) is 11.5. The van der Waals surface area contributed by atoms with Gasteiger partial charge < -0.3 is 19.6 Å². The number of aliphatic carboxylic acids is 1. The van der Waals surface area contributed by atoms with Gasteiger partial charge in [0.25, 0.3) is 0 Å². The highest BCUT2D eigenvalue weighted by Gasteiger charge is 2.36. The minimum atomic E-state index is -1.22. The van der Waals surface area contributed by atoms with Crippen LogP contribution in [0.4, 0.5) is 4.79 Å². The van der Waals surface area contributed by atoms with E-state index in [1.807, 2.05) is 0 Å². The summed E-state index contributed by atoms with van der Waals surface area (Å²) >= 11 is 0. The van der Waals surface area contributed by atoms with E-state index in [4.69, 9.17) is 9.84 Å². The van der Waals surface area contributed by atoms with Crippen LogP contribution in [0.25, 0.3) is 0 Å². The van der Waals surface area contributed by atoms with Gasteiger partial charge in [0.2, 0.25) is 0 Å². The molecule has 0 saturated carbocycles. The molecule has 0 aromatic rings. The van der Waals surface area contributed by atoms with E-state index in [1.165, 1.54) is 30.7 Å². The molecule has 1 atom stereocenters. The number of likely N-dealkylation sites (N-methyl/N-ethyl adjacent to an activating group) is 2. The Morgan fingerprint density at radius 3 is 2.44 bits per heavy atom. The largest absolute Gasteiger partial charge is 0.480 e. The third-order valence-electron chi connectivity index (χ3n) is 3.48. The van der Waals surface area contributed by atoms with Crippen LogP contribution in [-0.4, -0.2) is 65.8 Å². The summed E-state index contributed by atoms with van der Waals surface area (Å²) in [5.41, 5.74) is -1.22. The van der Waals surface area contributed by atoms with Crippen LogP contribution in [0, 0.1) is 0 Å². The average molecular weight is 258 g/mol. The number of carboxylic acids is 1.